The Balaban J connectivity index is 1.83. The molecule has 1 aromatic heterocycles. The van der Waals surface area contributed by atoms with Gasteiger partial charge in [-0.3, -0.25) is 0 Å². The molecule has 0 saturated heterocycles. The van der Waals surface area contributed by atoms with Crippen molar-refractivity contribution in [3.63, 3.8) is 0 Å². The Labute approximate surface area is 171 Å². The molecule has 3 aromatic rings. The number of hydrogen-bond acceptors (Lipinski definition) is 4. The van der Waals surface area contributed by atoms with Crippen molar-refractivity contribution < 1.29 is 14.6 Å². The van der Waals surface area contributed by atoms with Crippen LogP contribution in [0.4, 0.5) is 0 Å². The highest BCUT2D eigenvalue weighted by Gasteiger charge is 2.14. The molecule has 0 aliphatic rings. The molecule has 6 nitrogen and oxygen atoms in total. The van der Waals surface area contributed by atoms with E-state index < -0.39 is 5.97 Å². The first-order valence-corrected chi connectivity index (χ1v) is 9.96. The van der Waals surface area contributed by atoms with Crippen molar-refractivity contribution in [2.24, 2.45) is 5.92 Å². The zero-order valence-electron chi connectivity index (χ0n) is 17.1. The van der Waals surface area contributed by atoms with Crippen LogP contribution < -0.4 is 4.74 Å². The SMILES string of the molecule is CCCOc1nc(Cc2ccc(-c3ccccc3C(=O)O)cc2)n(CC(C)C)n1. The highest BCUT2D eigenvalue weighted by Crippen LogP contribution is 2.25. The van der Waals surface area contributed by atoms with Gasteiger partial charge < -0.3 is 9.84 Å². The number of hydrogen-bond donors (Lipinski definition) is 1. The third kappa shape index (κ3) is 5.22. The third-order valence-electron chi connectivity index (χ3n) is 4.49. The van der Waals surface area contributed by atoms with Crippen molar-refractivity contribution in [3.8, 4) is 17.1 Å². The molecule has 1 heterocycles. The maximum atomic E-state index is 11.5. The molecule has 0 radical (unpaired) electrons. The van der Waals surface area contributed by atoms with Gasteiger partial charge in [0.05, 0.1) is 12.2 Å². The number of nitrogens with zero attached hydrogens (tertiary/aromatic N) is 3. The molecule has 0 bridgehead atoms. The van der Waals surface area contributed by atoms with Crippen molar-refractivity contribution in [2.45, 2.75) is 40.2 Å². The summed E-state index contributed by atoms with van der Waals surface area (Å²) in [6.07, 6.45) is 1.55. The van der Waals surface area contributed by atoms with Gasteiger partial charge in [-0.2, -0.15) is 4.98 Å². The lowest BCUT2D eigenvalue weighted by Crippen LogP contribution is -2.10. The molecular weight excluding hydrogens is 366 g/mol. The van der Waals surface area contributed by atoms with Gasteiger partial charge in [-0.15, -0.1) is 5.10 Å². The van der Waals surface area contributed by atoms with Gasteiger partial charge in [0.1, 0.15) is 5.82 Å². The van der Waals surface area contributed by atoms with E-state index in [1.807, 2.05) is 41.1 Å². The molecule has 2 aromatic carbocycles. The molecule has 0 atom stereocenters. The van der Waals surface area contributed by atoms with Crippen LogP contribution in [0.1, 0.15) is 48.9 Å². The van der Waals surface area contributed by atoms with Crippen LogP contribution in [0.5, 0.6) is 6.01 Å². The summed E-state index contributed by atoms with van der Waals surface area (Å²) >= 11 is 0. The van der Waals surface area contributed by atoms with Gasteiger partial charge >= 0.3 is 12.0 Å². The molecule has 0 saturated carbocycles. The minimum Gasteiger partial charge on any atom is -0.478 e. The number of benzene rings is 2. The number of aromatic nitrogens is 3. The van der Waals surface area contributed by atoms with Crippen LogP contribution in [0.3, 0.4) is 0 Å². The van der Waals surface area contributed by atoms with Gasteiger partial charge in [0, 0.05) is 13.0 Å². The molecule has 1 N–H and O–H groups in total. The summed E-state index contributed by atoms with van der Waals surface area (Å²) in [5, 5.41) is 13.9. The maximum absolute atomic E-state index is 11.5. The van der Waals surface area contributed by atoms with Crippen molar-refractivity contribution >= 4 is 5.97 Å². The molecule has 0 amide bonds. The van der Waals surface area contributed by atoms with Gasteiger partial charge in [-0.25, -0.2) is 9.48 Å². The molecule has 29 heavy (non-hydrogen) atoms. The van der Waals surface area contributed by atoms with Crippen LogP contribution in [0.2, 0.25) is 0 Å². The Kier molecular flexibility index (Phi) is 6.65. The minimum absolute atomic E-state index is 0.301. The average Bonchev–Trinajstić information content (AvgIpc) is 3.07. The summed E-state index contributed by atoms with van der Waals surface area (Å²) in [6.45, 7) is 7.72. The summed E-state index contributed by atoms with van der Waals surface area (Å²) in [5.74, 6) is 0.388. The summed E-state index contributed by atoms with van der Waals surface area (Å²) in [7, 11) is 0. The lowest BCUT2D eigenvalue weighted by Gasteiger charge is -2.09. The Bertz CT molecular complexity index is 962. The van der Waals surface area contributed by atoms with Crippen molar-refractivity contribution in [1.82, 2.24) is 14.8 Å². The monoisotopic (exact) mass is 393 g/mol. The van der Waals surface area contributed by atoms with E-state index in [-0.39, 0.29) is 0 Å². The van der Waals surface area contributed by atoms with Gasteiger partial charge in [0.2, 0.25) is 0 Å². The Morgan fingerprint density at radius 3 is 2.52 bits per heavy atom. The fourth-order valence-electron chi connectivity index (χ4n) is 3.13. The fraction of sp³-hybridized carbons (Fsp3) is 0.348. The molecule has 3 rings (SSSR count). The van der Waals surface area contributed by atoms with E-state index >= 15 is 0 Å². The van der Waals surface area contributed by atoms with E-state index in [2.05, 4.69) is 30.9 Å². The normalized spacial score (nSPS) is 11.0. The van der Waals surface area contributed by atoms with Crippen LogP contribution in [-0.4, -0.2) is 32.4 Å². The molecule has 0 spiro atoms. The second-order valence-electron chi connectivity index (χ2n) is 7.46. The number of aromatic carboxylic acids is 1. The molecule has 0 aliphatic heterocycles. The quantitative estimate of drug-likeness (QED) is 0.571. The predicted molar refractivity (Wildman–Crippen MR) is 112 cm³/mol. The van der Waals surface area contributed by atoms with E-state index in [4.69, 9.17) is 4.74 Å². The second kappa shape index (κ2) is 9.37. The summed E-state index contributed by atoms with van der Waals surface area (Å²) < 4.78 is 7.53. The minimum atomic E-state index is -0.925. The van der Waals surface area contributed by atoms with E-state index in [9.17, 15) is 9.90 Å². The standard InChI is InChI=1S/C23H27N3O3/c1-4-13-29-23-24-21(26(25-23)15-16(2)3)14-17-9-11-18(12-10-17)19-7-5-6-8-20(19)22(27)28/h5-12,16H,4,13-15H2,1-3H3,(H,27,28). The van der Waals surface area contributed by atoms with E-state index in [1.54, 1.807) is 12.1 Å². The highest BCUT2D eigenvalue weighted by molar-refractivity contribution is 5.95. The zero-order valence-corrected chi connectivity index (χ0v) is 17.1. The van der Waals surface area contributed by atoms with Crippen molar-refractivity contribution in [1.29, 1.82) is 0 Å². The topological polar surface area (TPSA) is 77.2 Å². The molecule has 6 heteroatoms. The lowest BCUT2D eigenvalue weighted by molar-refractivity contribution is 0.0697. The van der Waals surface area contributed by atoms with Gasteiger partial charge in [-0.1, -0.05) is 63.2 Å². The smallest absolute Gasteiger partial charge is 0.336 e. The number of rotatable bonds is 9. The number of carbonyl (C=O) groups is 1. The average molecular weight is 393 g/mol. The molecule has 0 aliphatic carbocycles. The number of carboxylic acids is 1. The van der Waals surface area contributed by atoms with Crippen molar-refractivity contribution in [3.05, 3.63) is 65.5 Å². The lowest BCUT2D eigenvalue weighted by atomic mass is 9.98. The molecule has 0 fully saturated rings. The Morgan fingerprint density at radius 1 is 1.14 bits per heavy atom. The van der Waals surface area contributed by atoms with Crippen LogP contribution in [0.25, 0.3) is 11.1 Å². The third-order valence-corrected chi connectivity index (χ3v) is 4.49. The van der Waals surface area contributed by atoms with Gasteiger partial charge in [0.15, 0.2) is 0 Å². The molecule has 0 unspecified atom stereocenters. The zero-order chi connectivity index (χ0) is 20.8. The molecular formula is C23H27N3O3. The largest absolute Gasteiger partial charge is 0.478 e. The first-order valence-electron chi connectivity index (χ1n) is 9.96. The maximum Gasteiger partial charge on any atom is 0.336 e. The van der Waals surface area contributed by atoms with Crippen molar-refractivity contribution in [2.75, 3.05) is 6.61 Å². The van der Waals surface area contributed by atoms with Crippen LogP contribution in [-0.2, 0) is 13.0 Å². The van der Waals surface area contributed by atoms with Gasteiger partial charge in [-0.05, 0) is 35.1 Å². The summed E-state index contributed by atoms with van der Waals surface area (Å²) in [4.78, 5) is 16.0. The second-order valence-corrected chi connectivity index (χ2v) is 7.46. The molecule has 152 valence electrons. The predicted octanol–water partition coefficient (Wildman–Crippen LogP) is 4.68. The number of carboxylic acid groups (broad SMARTS) is 1. The highest BCUT2D eigenvalue weighted by atomic mass is 16.5. The van der Waals surface area contributed by atoms with Gasteiger partial charge in [0.25, 0.3) is 0 Å². The Morgan fingerprint density at radius 2 is 1.86 bits per heavy atom. The number of ether oxygens (including phenoxy) is 1. The first kappa shape index (κ1) is 20.6. The van der Waals surface area contributed by atoms with Crippen LogP contribution in [0.15, 0.2) is 48.5 Å². The van der Waals surface area contributed by atoms with Crippen LogP contribution in [0, 0.1) is 5.92 Å². The summed E-state index contributed by atoms with van der Waals surface area (Å²) in [5.41, 5.74) is 2.97. The van der Waals surface area contributed by atoms with Crippen LogP contribution >= 0.6 is 0 Å². The van der Waals surface area contributed by atoms with E-state index in [1.165, 1.54) is 0 Å². The van der Waals surface area contributed by atoms with E-state index in [0.717, 1.165) is 29.9 Å². The van der Waals surface area contributed by atoms with E-state index in [0.29, 0.717) is 36.1 Å². The summed E-state index contributed by atoms with van der Waals surface area (Å²) in [6, 6.07) is 15.4. The fourth-order valence-corrected chi connectivity index (χ4v) is 3.13. The first-order chi connectivity index (χ1) is 14.0. The Hall–Kier alpha value is -3.15.